The molecular formula is C15H16O4S. The molecule has 20 heavy (non-hydrogen) atoms. The fraction of sp³-hybridized carbons (Fsp3) is 0.333. The lowest BCUT2D eigenvalue weighted by Crippen LogP contribution is -2.10. The van der Waals surface area contributed by atoms with Crippen molar-refractivity contribution in [3.8, 4) is 5.75 Å². The van der Waals surface area contributed by atoms with Crippen molar-refractivity contribution in [2.24, 2.45) is 0 Å². The Kier molecular flexibility index (Phi) is 3.18. The number of phenols is 1. The Morgan fingerprint density at radius 1 is 1.30 bits per heavy atom. The number of rotatable bonds is 3. The molecule has 1 aliphatic carbocycles. The van der Waals surface area contributed by atoms with Crippen LogP contribution < -0.4 is 0 Å². The van der Waals surface area contributed by atoms with E-state index < -0.39 is 10.1 Å². The molecule has 4 nitrogen and oxygen atoms in total. The third-order valence-corrected chi connectivity index (χ3v) is 4.37. The van der Waals surface area contributed by atoms with Crippen molar-refractivity contribution in [2.45, 2.75) is 18.8 Å². The van der Waals surface area contributed by atoms with E-state index in [1.807, 2.05) is 24.3 Å². The Bertz CT molecular complexity index is 765. The summed E-state index contributed by atoms with van der Waals surface area (Å²) in [7, 11) is -3.42. The predicted octanol–water partition coefficient (Wildman–Crippen LogP) is 2.55. The SMILES string of the molecule is CS(=O)(=O)OC[C@@H]1CCc2cc(O)c3ccccc3c21. The van der Waals surface area contributed by atoms with Crippen LogP contribution in [-0.2, 0) is 20.7 Å². The zero-order chi connectivity index (χ0) is 14.3. The van der Waals surface area contributed by atoms with Crippen LogP contribution in [0.25, 0.3) is 10.8 Å². The summed E-state index contributed by atoms with van der Waals surface area (Å²) in [5.41, 5.74) is 2.20. The smallest absolute Gasteiger partial charge is 0.264 e. The van der Waals surface area contributed by atoms with Crippen molar-refractivity contribution in [1.82, 2.24) is 0 Å². The molecule has 2 aromatic rings. The molecule has 0 unspecified atom stereocenters. The lowest BCUT2D eigenvalue weighted by molar-refractivity contribution is 0.294. The number of hydrogen-bond acceptors (Lipinski definition) is 4. The standard InChI is InChI=1S/C15H16O4S/c1-20(17,18)19-9-11-7-6-10-8-14(16)12-4-2-3-5-13(12)15(10)11/h2-5,8,11,16H,6-7,9H2,1H3/t11-/m0/s1. The van der Waals surface area contributed by atoms with Crippen LogP contribution in [0.15, 0.2) is 30.3 Å². The van der Waals surface area contributed by atoms with Crippen LogP contribution in [0.4, 0.5) is 0 Å². The van der Waals surface area contributed by atoms with Crippen LogP contribution in [0, 0.1) is 0 Å². The molecule has 0 bridgehead atoms. The highest BCUT2D eigenvalue weighted by Crippen LogP contribution is 2.41. The third kappa shape index (κ3) is 2.39. The fourth-order valence-corrected chi connectivity index (χ4v) is 3.38. The first-order chi connectivity index (χ1) is 9.46. The molecule has 0 saturated heterocycles. The molecule has 0 fully saturated rings. The lowest BCUT2D eigenvalue weighted by Gasteiger charge is -2.14. The third-order valence-electron chi connectivity index (χ3n) is 3.80. The molecule has 1 atom stereocenters. The van der Waals surface area contributed by atoms with E-state index in [2.05, 4.69) is 0 Å². The predicted molar refractivity (Wildman–Crippen MR) is 77.5 cm³/mol. The Hall–Kier alpha value is -1.59. The van der Waals surface area contributed by atoms with Crippen LogP contribution in [0.2, 0.25) is 0 Å². The molecular weight excluding hydrogens is 276 g/mol. The molecule has 106 valence electrons. The minimum atomic E-state index is -3.42. The van der Waals surface area contributed by atoms with Crippen LogP contribution in [0.5, 0.6) is 5.75 Å². The van der Waals surface area contributed by atoms with Crippen molar-refractivity contribution in [1.29, 1.82) is 0 Å². The number of aryl methyl sites for hydroxylation is 1. The van der Waals surface area contributed by atoms with Gasteiger partial charge in [0.15, 0.2) is 0 Å². The first kappa shape index (κ1) is 13.4. The average Bonchev–Trinajstić information content (AvgIpc) is 2.79. The fourth-order valence-electron chi connectivity index (χ4n) is 2.97. The van der Waals surface area contributed by atoms with Crippen molar-refractivity contribution in [3.05, 3.63) is 41.5 Å². The summed E-state index contributed by atoms with van der Waals surface area (Å²) in [5.74, 6) is 0.342. The van der Waals surface area contributed by atoms with Gasteiger partial charge in [-0.15, -0.1) is 0 Å². The summed E-state index contributed by atoms with van der Waals surface area (Å²) >= 11 is 0. The van der Waals surface area contributed by atoms with E-state index in [1.165, 1.54) is 0 Å². The van der Waals surface area contributed by atoms with Gasteiger partial charge in [0.2, 0.25) is 0 Å². The maximum absolute atomic E-state index is 11.2. The number of aromatic hydroxyl groups is 1. The van der Waals surface area contributed by atoms with Gasteiger partial charge in [0.25, 0.3) is 10.1 Å². The second kappa shape index (κ2) is 4.75. The number of fused-ring (bicyclic) bond motifs is 3. The van der Waals surface area contributed by atoms with Gasteiger partial charge < -0.3 is 5.11 Å². The molecule has 0 saturated carbocycles. The zero-order valence-corrected chi connectivity index (χ0v) is 12.0. The van der Waals surface area contributed by atoms with Gasteiger partial charge >= 0.3 is 0 Å². The summed E-state index contributed by atoms with van der Waals surface area (Å²) < 4.78 is 27.3. The Morgan fingerprint density at radius 3 is 2.70 bits per heavy atom. The van der Waals surface area contributed by atoms with E-state index in [0.29, 0.717) is 0 Å². The van der Waals surface area contributed by atoms with Gasteiger partial charge in [0.05, 0.1) is 12.9 Å². The summed E-state index contributed by atoms with van der Waals surface area (Å²) in [6, 6.07) is 9.43. The molecule has 1 N–H and O–H groups in total. The minimum absolute atomic E-state index is 0.0604. The molecule has 2 aromatic carbocycles. The van der Waals surface area contributed by atoms with Crippen LogP contribution in [0.1, 0.15) is 23.5 Å². The van der Waals surface area contributed by atoms with E-state index in [-0.39, 0.29) is 18.3 Å². The second-order valence-electron chi connectivity index (χ2n) is 5.24. The van der Waals surface area contributed by atoms with Crippen LogP contribution in [-0.4, -0.2) is 26.4 Å². The summed E-state index contributed by atoms with van der Waals surface area (Å²) in [5, 5.41) is 11.8. The van der Waals surface area contributed by atoms with Crippen molar-refractivity contribution in [3.63, 3.8) is 0 Å². The molecule has 0 aliphatic heterocycles. The first-order valence-electron chi connectivity index (χ1n) is 6.53. The summed E-state index contributed by atoms with van der Waals surface area (Å²) in [4.78, 5) is 0. The molecule has 1 aliphatic rings. The van der Waals surface area contributed by atoms with Gasteiger partial charge in [-0.3, -0.25) is 4.18 Å². The van der Waals surface area contributed by atoms with E-state index in [4.69, 9.17) is 4.18 Å². The molecule has 0 aromatic heterocycles. The van der Waals surface area contributed by atoms with Gasteiger partial charge in [-0.25, -0.2) is 0 Å². The van der Waals surface area contributed by atoms with E-state index in [1.54, 1.807) is 6.07 Å². The molecule has 0 amide bonds. The number of hydrogen-bond donors (Lipinski definition) is 1. The quantitative estimate of drug-likeness (QED) is 0.883. The van der Waals surface area contributed by atoms with Gasteiger partial charge in [-0.1, -0.05) is 24.3 Å². The number of phenolic OH excluding ortho intramolecular Hbond substituents is 1. The molecule has 0 heterocycles. The number of benzene rings is 2. The highest BCUT2D eigenvalue weighted by molar-refractivity contribution is 7.85. The van der Waals surface area contributed by atoms with Crippen LogP contribution >= 0.6 is 0 Å². The largest absolute Gasteiger partial charge is 0.507 e. The zero-order valence-electron chi connectivity index (χ0n) is 11.2. The first-order valence-corrected chi connectivity index (χ1v) is 8.35. The second-order valence-corrected chi connectivity index (χ2v) is 6.88. The van der Waals surface area contributed by atoms with E-state index >= 15 is 0 Å². The van der Waals surface area contributed by atoms with Gasteiger partial charge in [0, 0.05) is 11.3 Å². The topological polar surface area (TPSA) is 63.6 Å². The van der Waals surface area contributed by atoms with Gasteiger partial charge in [-0.2, -0.15) is 8.42 Å². The normalized spacial score (nSPS) is 18.4. The van der Waals surface area contributed by atoms with Crippen molar-refractivity contribution in [2.75, 3.05) is 12.9 Å². The molecule has 0 radical (unpaired) electrons. The monoisotopic (exact) mass is 292 g/mol. The van der Waals surface area contributed by atoms with Crippen LogP contribution in [0.3, 0.4) is 0 Å². The highest BCUT2D eigenvalue weighted by Gasteiger charge is 2.27. The van der Waals surface area contributed by atoms with Gasteiger partial charge in [0.1, 0.15) is 5.75 Å². The maximum atomic E-state index is 11.2. The van der Waals surface area contributed by atoms with E-state index in [0.717, 1.165) is 41.0 Å². The summed E-state index contributed by atoms with van der Waals surface area (Å²) in [6.07, 6.45) is 2.75. The van der Waals surface area contributed by atoms with Crippen molar-refractivity contribution >= 4 is 20.9 Å². The Labute approximate surface area is 118 Å². The molecule has 5 heteroatoms. The minimum Gasteiger partial charge on any atom is -0.507 e. The van der Waals surface area contributed by atoms with E-state index in [9.17, 15) is 13.5 Å². The lowest BCUT2D eigenvalue weighted by atomic mass is 9.95. The Morgan fingerprint density at radius 2 is 2.00 bits per heavy atom. The molecule has 3 rings (SSSR count). The molecule has 0 spiro atoms. The average molecular weight is 292 g/mol. The van der Waals surface area contributed by atoms with Gasteiger partial charge in [-0.05, 0) is 35.4 Å². The maximum Gasteiger partial charge on any atom is 0.264 e. The Balaban J connectivity index is 2.06. The van der Waals surface area contributed by atoms with Crippen molar-refractivity contribution < 1.29 is 17.7 Å². The summed E-state index contributed by atoms with van der Waals surface area (Å²) in [6.45, 7) is 0.167. The highest BCUT2D eigenvalue weighted by atomic mass is 32.2.